The monoisotopic (exact) mass is 306 g/mol. The molecular formula is C18H26O4. The predicted octanol–water partition coefficient (Wildman–Crippen LogP) is 3.99. The van der Waals surface area contributed by atoms with Crippen molar-refractivity contribution in [1.82, 2.24) is 0 Å². The van der Waals surface area contributed by atoms with Crippen LogP contribution in [0, 0.1) is 5.92 Å². The van der Waals surface area contributed by atoms with E-state index in [0.29, 0.717) is 18.4 Å². The van der Waals surface area contributed by atoms with Crippen molar-refractivity contribution >= 4 is 11.9 Å². The highest BCUT2D eigenvalue weighted by atomic mass is 16.6. The van der Waals surface area contributed by atoms with Crippen LogP contribution in [0.4, 0.5) is 0 Å². The van der Waals surface area contributed by atoms with Crippen LogP contribution in [-0.4, -0.2) is 23.6 Å². The summed E-state index contributed by atoms with van der Waals surface area (Å²) in [7, 11) is 0. The number of rotatable bonds is 3. The van der Waals surface area contributed by atoms with Crippen molar-refractivity contribution in [3.05, 3.63) is 35.9 Å². The fourth-order valence-corrected chi connectivity index (χ4v) is 2.03. The zero-order chi connectivity index (χ0) is 16.8. The SMILES string of the molecule is CC.CC(C)(C)OC(=O)C1CC(OC(=O)c2ccccc2)C1. The Bertz CT molecular complexity index is 482. The lowest BCUT2D eigenvalue weighted by molar-refractivity contribution is -0.167. The molecule has 1 aromatic carbocycles. The second-order valence-corrected chi connectivity index (χ2v) is 6.10. The third-order valence-electron chi connectivity index (χ3n) is 3.12. The van der Waals surface area contributed by atoms with Crippen molar-refractivity contribution in [1.29, 1.82) is 0 Å². The number of ether oxygens (including phenoxy) is 2. The van der Waals surface area contributed by atoms with Crippen molar-refractivity contribution < 1.29 is 19.1 Å². The van der Waals surface area contributed by atoms with Crippen LogP contribution in [0.25, 0.3) is 0 Å². The summed E-state index contributed by atoms with van der Waals surface area (Å²) >= 11 is 0. The number of hydrogen-bond donors (Lipinski definition) is 0. The maximum absolute atomic E-state index is 11.8. The summed E-state index contributed by atoms with van der Waals surface area (Å²) in [6, 6.07) is 8.86. The molecule has 0 aromatic heterocycles. The summed E-state index contributed by atoms with van der Waals surface area (Å²) in [5.41, 5.74) is 0.0660. The Morgan fingerprint density at radius 3 is 2.09 bits per heavy atom. The molecule has 0 unspecified atom stereocenters. The van der Waals surface area contributed by atoms with E-state index in [-0.39, 0.29) is 24.0 Å². The van der Waals surface area contributed by atoms with E-state index in [4.69, 9.17) is 9.47 Å². The van der Waals surface area contributed by atoms with Crippen molar-refractivity contribution in [2.75, 3.05) is 0 Å². The van der Waals surface area contributed by atoms with Gasteiger partial charge in [0.05, 0.1) is 11.5 Å². The maximum atomic E-state index is 11.8. The summed E-state index contributed by atoms with van der Waals surface area (Å²) in [5, 5.41) is 0. The zero-order valence-corrected chi connectivity index (χ0v) is 14.1. The Kier molecular flexibility index (Phi) is 6.60. The second kappa shape index (κ2) is 7.97. The summed E-state index contributed by atoms with van der Waals surface area (Å²) in [5.74, 6) is -0.689. The van der Waals surface area contributed by atoms with E-state index in [1.807, 2.05) is 40.7 Å². The highest BCUT2D eigenvalue weighted by Gasteiger charge is 2.39. The molecule has 0 saturated heterocycles. The van der Waals surface area contributed by atoms with Crippen molar-refractivity contribution in [2.24, 2.45) is 5.92 Å². The smallest absolute Gasteiger partial charge is 0.338 e. The van der Waals surface area contributed by atoms with Crippen molar-refractivity contribution in [3.63, 3.8) is 0 Å². The van der Waals surface area contributed by atoms with Gasteiger partial charge in [-0.3, -0.25) is 4.79 Å². The van der Waals surface area contributed by atoms with Gasteiger partial charge < -0.3 is 9.47 Å². The fourth-order valence-electron chi connectivity index (χ4n) is 2.03. The van der Waals surface area contributed by atoms with Gasteiger partial charge in [-0.05, 0) is 45.7 Å². The first kappa shape index (κ1) is 18.2. The van der Waals surface area contributed by atoms with E-state index in [1.165, 1.54) is 0 Å². The third kappa shape index (κ3) is 5.51. The molecule has 4 heteroatoms. The third-order valence-corrected chi connectivity index (χ3v) is 3.12. The quantitative estimate of drug-likeness (QED) is 0.792. The molecule has 1 aromatic rings. The number of esters is 2. The molecule has 0 N–H and O–H groups in total. The first-order chi connectivity index (χ1) is 10.3. The lowest BCUT2D eigenvalue weighted by Gasteiger charge is -2.34. The molecule has 122 valence electrons. The maximum Gasteiger partial charge on any atom is 0.338 e. The minimum absolute atomic E-state index is 0.150. The van der Waals surface area contributed by atoms with Gasteiger partial charge in [-0.15, -0.1) is 0 Å². The van der Waals surface area contributed by atoms with Gasteiger partial charge in [0.15, 0.2) is 0 Å². The Hall–Kier alpha value is -1.84. The number of benzene rings is 1. The number of hydrogen-bond acceptors (Lipinski definition) is 4. The Labute approximate surface area is 132 Å². The van der Waals surface area contributed by atoms with Gasteiger partial charge >= 0.3 is 11.9 Å². The minimum atomic E-state index is -0.469. The molecule has 0 heterocycles. The van der Waals surface area contributed by atoms with Gasteiger partial charge in [-0.2, -0.15) is 0 Å². The molecule has 0 radical (unpaired) electrons. The number of carbonyl (C=O) groups excluding carboxylic acids is 2. The molecule has 2 rings (SSSR count). The molecule has 22 heavy (non-hydrogen) atoms. The average molecular weight is 306 g/mol. The fraction of sp³-hybridized carbons (Fsp3) is 0.556. The molecule has 4 nitrogen and oxygen atoms in total. The van der Waals surface area contributed by atoms with E-state index in [9.17, 15) is 9.59 Å². The Morgan fingerprint density at radius 1 is 1.05 bits per heavy atom. The summed E-state index contributed by atoms with van der Waals surface area (Å²) < 4.78 is 10.6. The van der Waals surface area contributed by atoms with Crippen LogP contribution in [0.2, 0.25) is 0 Å². The molecule has 1 fully saturated rings. The molecule has 1 aliphatic rings. The number of carbonyl (C=O) groups is 2. The molecule has 1 saturated carbocycles. The van der Waals surface area contributed by atoms with Crippen LogP contribution >= 0.6 is 0 Å². The molecule has 1 aliphatic carbocycles. The lowest BCUT2D eigenvalue weighted by atomic mass is 9.82. The molecule has 0 amide bonds. The van der Waals surface area contributed by atoms with E-state index >= 15 is 0 Å². The van der Waals surface area contributed by atoms with E-state index in [1.54, 1.807) is 24.3 Å². The lowest BCUT2D eigenvalue weighted by Crippen LogP contribution is -2.40. The molecule has 0 aliphatic heterocycles. The van der Waals surface area contributed by atoms with Gasteiger partial charge in [0.2, 0.25) is 0 Å². The highest BCUT2D eigenvalue weighted by Crippen LogP contribution is 2.32. The second-order valence-electron chi connectivity index (χ2n) is 6.10. The first-order valence-corrected chi connectivity index (χ1v) is 7.84. The normalized spacial score (nSPS) is 20.0. The van der Waals surface area contributed by atoms with Gasteiger partial charge in [0.1, 0.15) is 11.7 Å². The molecule has 0 atom stereocenters. The van der Waals surface area contributed by atoms with Gasteiger partial charge in [-0.25, -0.2) is 4.79 Å². The van der Waals surface area contributed by atoms with Crippen LogP contribution in [0.3, 0.4) is 0 Å². The highest BCUT2D eigenvalue weighted by molar-refractivity contribution is 5.89. The van der Waals surface area contributed by atoms with Gasteiger partial charge in [0, 0.05) is 0 Å². The van der Waals surface area contributed by atoms with Crippen LogP contribution < -0.4 is 0 Å². The van der Waals surface area contributed by atoms with Crippen LogP contribution in [-0.2, 0) is 14.3 Å². The van der Waals surface area contributed by atoms with E-state index in [2.05, 4.69) is 0 Å². The van der Waals surface area contributed by atoms with Crippen LogP contribution in [0.5, 0.6) is 0 Å². The largest absolute Gasteiger partial charge is 0.460 e. The predicted molar refractivity (Wildman–Crippen MR) is 85.6 cm³/mol. The topological polar surface area (TPSA) is 52.6 Å². The van der Waals surface area contributed by atoms with Crippen molar-refractivity contribution in [2.45, 2.75) is 59.2 Å². The summed E-state index contributed by atoms with van der Waals surface area (Å²) in [4.78, 5) is 23.6. The summed E-state index contributed by atoms with van der Waals surface area (Å²) in [6.07, 6.45) is 0.918. The standard InChI is InChI=1S/C16H20O4.C2H6/c1-16(2,3)20-15(18)12-9-13(10-12)19-14(17)11-7-5-4-6-8-11;1-2/h4-8,12-13H,9-10H2,1-3H3;1-2H3. The summed E-state index contributed by atoms with van der Waals surface area (Å²) in [6.45, 7) is 9.53. The first-order valence-electron chi connectivity index (χ1n) is 7.84. The molecule has 0 spiro atoms. The zero-order valence-electron chi connectivity index (χ0n) is 14.1. The van der Waals surface area contributed by atoms with Gasteiger partial charge in [0.25, 0.3) is 0 Å². The average Bonchev–Trinajstić information content (AvgIpc) is 2.43. The van der Waals surface area contributed by atoms with E-state index < -0.39 is 5.60 Å². The molecular weight excluding hydrogens is 280 g/mol. The Balaban J connectivity index is 0.00000116. The van der Waals surface area contributed by atoms with Gasteiger partial charge in [-0.1, -0.05) is 32.0 Å². The van der Waals surface area contributed by atoms with Crippen LogP contribution in [0.15, 0.2) is 30.3 Å². The van der Waals surface area contributed by atoms with Crippen LogP contribution in [0.1, 0.15) is 57.8 Å². The van der Waals surface area contributed by atoms with E-state index in [0.717, 1.165) is 0 Å². The Morgan fingerprint density at radius 2 is 1.59 bits per heavy atom. The molecule has 0 bridgehead atoms. The minimum Gasteiger partial charge on any atom is -0.460 e. The van der Waals surface area contributed by atoms with Crippen molar-refractivity contribution in [3.8, 4) is 0 Å².